The number of pyridine rings is 1. The van der Waals surface area contributed by atoms with E-state index in [-0.39, 0.29) is 24.4 Å². The molecule has 6 nitrogen and oxygen atoms in total. The molecule has 1 fully saturated rings. The van der Waals surface area contributed by atoms with Crippen LogP contribution >= 0.6 is 0 Å². The molecule has 0 unspecified atom stereocenters. The summed E-state index contributed by atoms with van der Waals surface area (Å²) in [6.45, 7) is 5.46. The number of aromatic nitrogens is 1. The van der Waals surface area contributed by atoms with Gasteiger partial charge >= 0.3 is 6.09 Å². The van der Waals surface area contributed by atoms with Gasteiger partial charge in [0.15, 0.2) is 0 Å². The molecule has 2 aromatic rings. The van der Waals surface area contributed by atoms with Crippen LogP contribution in [0.4, 0.5) is 13.6 Å². The lowest BCUT2D eigenvalue weighted by atomic mass is 9.89. The van der Waals surface area contributed by atoms with Gasteiger partial charge in [0, 0.05) is 36.8 Å². The second-order valence-corrected chi connectivity index (χ2v) is 8.56. The smallest absolute Gasteiger partial charge is 0.407 e. The molecule has 1 aliphatic heterocycles. The Labute approximate surface area is 180 Å². The SMILES string of the molecule is CC(C)(C)OC(=O)N[C@H]1CCC(=O)N(CCc2ccccn2)[C@@H]1c1cc(F)ccc1F. The van der Waals surface area contributed by atoms with Gasteiger partial charge in [0.05, 0.1) is 12.1 Å². The van der Waals surface area contributed by atoms with Crippen LogP contribution in [-0.2, 0) is 16.0 Å². The van der Waals surface area contributed by atoms with Crippen molar-refractivity contribution >= 4 is 12.0 Å². The van der Waals surface area contributed by atoms with Crippen molar-refractivity contribution in [3.8, 4) is 0 Å². The van der Waals surface area contributed by atoms with Crippen molar-refractivity contribution in [2.24, 2.45) is 0 Å². The van der Waals surface area contributed by atoms with Crippen molar-refractivity contribution in [2.75, 3.05) is 6.54 Å². The number of halogens is 2. The first-order valence-corrected chi connectivity index (χ1v) is 10.3. The maximum absolute atomic E-state index is 14.7. The number of carbonyl (C=O) groups excluding carboxylic acids is 2. The number of alkyl carbamates (subject to hydrolysis) is 1. The van der Waals surface area contributed by atoms with E-state index in [4.69, 9.17) is 4.74 Å². The minimum absolute atomic E-state index is 0.0233. The third-order valence-electron chi connectivity index (χ3n) is 5.02. The van der Waals surface area contributed by atoms with Crippen LogP contribution in [0.5, 0.6) is 0 Å². The van der Waals surface area contributed by atoms with Crippen LogP contribution in [0.2, 0.25) is 0 Å². The van der Waals surface area contributed by atoms with Crippen molar-refractivity contribution in [3.05, 3.63) is 65.5 Å². The first-order valence-electron chi connectivity index (χ1n) is 10.3. The van der Waals surface area contributed by atoms with Crippen LogP contribution in [0.1, 0.15) is 50.9 Å². The summed E-state index contributed by atoms with van der Waals surface area (Å²) >= 11 is 0. The Kier molecular flexibility index (Phi) is 6.87. The fourth-order valence-electron chi connectivity index (χ4n) is 3.73. The predicted octanol–water partition coefficient (Wildman–Crippen LogP) is 4.16. The van der Waals surface area contributed by atoms with Crippen molar-refractivity contribution in [1.82, 2.24) is 15.2 Å². The third-order valence-corrected chi connectivity index (χ3v) is 5.02. The van der Waals surface area contributed by atoms with E-state index in [1.54, 1.807) is 33.0 Å². The molecule has 2 heterocycles. The summed E-state index contributed by atoms with van der Waals surface area (Å²) in [7, 11) is 0. The molecule has 1 N–H and O–H groups in total. The van der Waals surface area contributed by atoms with E-state index in [1.165, 1.54) is 4.90 Å². The number of rotatable bonds is 5. The zero-order valence-electron chi connectivity index (χ0n) is 17.9. The second kappa shape index (κ2) is 9.41. The molecule has 0 radical (unpaired) electrons. The van der Waals surface area contributed by atoms with E-state index < -0.39 is 35.4 Å². The number of nitrogens with one attached hydrogen (secondary N) is 1. The first kappa shape index (κ1) is 22.7. The summed E-state index contributed by atoms with van der Waals surface area (Å²) in [5, 5.41) is 2.76. The maximum Gasteiger partial charge on any atom is 0.407 e. The van der Waals surface area contributed by atoms with Crippen LogP contribution in [-0.4, -0.2) is 40.1 Å². The number of amides is 2. The highest BCUT2D eigenvalue weighted by Gasteiger charge is 2.39. The monoisotopic (exact) mass is 431 g/mol. The molecule has 3 rings (SSSR count). The summed E-state index contributed by atoms with van der Waals surface area (Å²) < 4.78 is 34.1. The number of piperidine rings is 1. The van der Waals surface area contributed by atoms with Gasteiger partial charge in [-0.2, -0.15) is 0 Å². The summed E-state index contributed by atoms with van der Waals surface area (Å²) in [6.07, 6.45) is 1.90. The standard InChI is InChI=1S/C23H27F2N3O3/c1-23(2,3)31-22(30)27-19-9-10-20(29)28(13-11-16-6-4-5-12-26-16)21(19)17-14-15(24)7-8-18(17)25/h4-8,12,14,19,21H,9-11,13H2,1-3H3,(H,27,30)/t19-,21+/m0/s1. The van der Waals surface area contributed by atoms with Gasteiger partial charge in [-0.15, -0.1) is 0 Å². The highest BCUT2D eigenvalue weighted by molar-refractivity contribution is 5.78. The van der Waals surface area contributed by atoms with Crippen LogP contribution in [0.3, 0.4) is 0 Å². The van der Waals surface area contributed by atoms with E-state index in [1.807, 2.05) is 12.1 Å². The maximum atomic E-state index is 14.7. The van der Waals surface area contributed by atoms with Crippen molar-refractivity contribution in [3.63, 3.8) is 0 Å². The van der Waals surface area contributed by atoms with Crippen molar-refractivity contribution < 1.29 is 23.1 Å². The van der Waals surface area contributed by atoms with Gasteiger partial charge in [0.2, 0.25) is 5.91 Å². The molecule has 0 bridgehead atoms. The lowest BCUT2D eigenvalue weighted by molar-refractivity contribution is -0.138. The molecular formula is C23H27F2N3O3. The Morgan fingerprint density at radius 3 is 2.71 bits per heavy atom. The number of ether oxygens (including phenoxy) is 1. The quantitative estimate of drug-likeness (QED) is 0.772. The first-order chi connectivity index (χ1) is 14.6. The van der Waals surface area contributed by atoms with Gasteiger partial charge in [-0.1, -0.05) is 6.07 Å². The van der Waals surface area contributed by atoms with E-state index in [9.17, 15) is 18.4 Å². The lowest BCUT2D eigenvalue weighted by Crippen LogP contribution is -2.53. The molecule has 1 saturated heterocycles. The Bertz CT molecular complexity index is 931. The van der Waals surface area contributed by atoms with E-state index in [0.717, 1.165) is 23.9 Å². The predicted molar refractivity (Wildman–Crippen MR) is 111 cm³/mol. The largest absolute Gasteiger partial charge is 0.444 e. The van der Waals surface area contributed by atoms with E-state index in [0.29, 0.717) is 12.8 Å². The Morgan fingerprint density at radius 2 is 2.03 bits per heavy atom. The van der Waals surface area contributed by atoms with Gasteiger partial charge in [0.1, 0.15) is 17.2 Å². The lowest BCUT2D eigenvalue weighted by Gasteiger charge is -2.42. The van der Waals surface area contributed by atoms with Gasteiger partial charge in [0.25, 0.3) is 0 Å². The molecule has 0 aliphatic carbocycles. The van der Waals surface area contributed by atoms with E-state index >= 15 is 0 Å². The molecule has 2 amide bonds. The summed E-state index contributed by atoms with van der Waals surface area (Å²) in [6, 6.07) is 7.11. The molecule has 1 aromatic heterocycles. The summed E-state index contributed by atoms with van der Waals surface area (Å²) in [5.74, 6) is -1.44. The molecule has 1 aromatic carbocycles. The molecule has 0 spiro atoms. The number of benzene rings is 1. The highest BCUT2D eigenvalue weighted by Crippen LogP contribution is 2.34. The number of carbonyl (C=O) groups is 2. The average molecular weight is 431 g/mol. The summed E-state index contributed by atoms with van der Waals surface area (Å²) in [4.78, 5) is 31.0. The topological polar surface area (TPSA) is 71.5 Å². The molecule has 166 valence electrons. The van der Waals surface area contributed by atoms with Crippen molar-refractivity contribution in [1.29, 1.82) is 0 Å². The Morgan fingerprint density at radius 1 is 1.26 bits per heavy atom. The Hall–Kier alpha value is -3.03. The fourth-order valence-corrected chi connectivity index (χ4v) is 3.73. The molecule has 8 heteroatoms. The van der Waals surface area contributed by atoms with Crippen LogP contribution < -0.4 is 5.32 Å². The van der Waals surface area contributed by atoms with Crippen molar-refractivity contribution in [2.45, 2.75) is 57.7 Å². The molecular weight excluding hydrogens is 404 g/mol. The highest BCUT2D eigenvalue weighted by atomic mass is 19.1. The zero-order chi connectivity index (χ0) is 22.6. The minimum atomic E-state index is -0.867. The number of nitrogens with zero attached hydrogens (tertiary/aromatic N) is 2. The number of likely N-dealkylation sites (tertiary alicyclic amines) is 1. The third kappa shape index (κ3) is 5.99. The van der Waals surface area contributed by atoms with Crippen LogP contribution in [0, 0.1) is 11.6 Å². The molecule has 1 aliphatic rings. The van der Waals surface area contributed by atoms with Gasteiger partial charge in [-0.25, -0.2) is 13.6 Å². The number of hydrogen-bond acceptors (Lipinski definition) is 4. The van der Waals surface area contributed by atoms with Gasteiger partial charge in [-0.3, -0.25) is 9.78 Å². The fraction of sp³-hybridized carbons (Fsp3) is 0.435. The van der Waals surface area contributed by atoms with Crippen LogP contribution in [0.15, 0.2) is 42.6 Å². The van der Waals surface area contributed by atoms with E-state index in [2.05, 4.69) is 10.3 Å². The normalized spacial score (nSPS) is 19.3. The zero-order valence-corrected chi connectivity index (χ0v) is 17.9. The van der Waals surface area contributed by atoms with Gasteiger partial charge in [-0.05, 0) is 57.5 Å². The Balaban J connectivity index is 1.91. The van der Waals surface area contributed by atoms with Gasteiger partial charge < -0.3 is 15.0 Å². The average Bonchev–Trinajstić information content (AvgIpc) is 2.69. The molecule has 2 atom stereocenters. The molecule has 31 heavy (non-hydrogen) atoms. The minimum Gasteiger partial charge on any atom is -0.444 e. The van der Waals surface area contributed by atoms with Crippen LogP contribution in [0.25, 0.3) is 0 Å². The molecule has 0 saturated carbocycles. The second-order valence-electron chi connectivity index (χ2n) is 8.56. The summed E-state index contributed by atoms with van der Waals surface area (Å²) in [5.41, 5.74) is 0.0819. The number of hydrogen-bond donors (Lipinski definition) is 1.